The van der Waals surface area contributed by atoms with Crippen LogP contribution in [0.25, 0.3) is 0 Å². The third kappa shape index (κ3) is 3.41. The van der Waals surface area contributed by atoms with Crippen LogP contribution in [0.5, 0.6) is 11.5 Å². The molecule has 0 unspecified atom stereocenters. The summed E-state index contributed by atoms with van der Waals surface area (Å²) in [4.78, 5) is 13.6. The molecule has 0 aliphatic carbocycles. The molecule has 1 heterocycles. The van der Waals surface area contributed by atoms with E-state index in [0.29, 0.717) is 41.0 Å². The molecule has 0 radical (unpaired) electrons. The SMILES string of the molecule is CSc1ccc(C)c(C(=O)Nc2cc3c(cc2Cl)OCCO3)c1. The molecule has 0 aromatic heterocycles. The van der Waals surface area contributed by atoms with E-state index in [1.165, 1.54) is 0 Å². The summed E-state index contributed by atoms with van der Waals surface area (Å²) in [5.41, 5.74) is 2.05. The third-order valence-electron chi connectivity index (χ3n) is 3.57. The maximum Gasteiger partial charge on any atom is 0.256 e. The third-order valence-corrected chi connectivity index (χ3v) is 4.61. The molecule has 1 aliphatic rings. The minimum atomic E-state index is -0.197. The largest absolute Gasteiger partial charge is 0.486 e. The van der Waals surface area contributed by atoms with Crippen LogP contribution in [0.4, 0.5) is 5.69 Å². The summed E-state index contributed by atoms with van der Waals surface area (Å²) in [5, 5.41) is 3.27. The van der Waals surface area contributed by atoms with Crippen molar-refractivity contribution < 1.29 is 14.3 Å². The van der Waals surface area contributed by atoms with Crippen LogP contribution >= 0.6 is 23.4 Å². The minimum Gasteiger partial charge on any atom is -0.486 e. The van der Waals surface area contributed by atoms with Gasteiger partial charge in [0.1, 0.15) is 13.2 Å². The van der Waals surface area contributed by atoms with Gasteiger partial charge in [0, 0.05) is 22.6 Å². The standard InChI is InChI=1S/C17H16ClNO3S/c1-10-3-4-11(23-2)7-12(10)17(20)19-14-9-16-15(8-13(14)18)21-5-6-22-16/h3-4,7-9H,5-6H2,1-2H3,(H,19,20). The van der Waals surface area contributed by atoms with Crippen molar-refractivity contribution >= 4 is 35.0 Å². The van der Waals surface area contributed by atoms with Crippen molar-refractivity contribution in [3.05, 3.63) is 46.5 Å². The normalized spacial score (nSPS) is 12.8. The highest BCUT2D eigenvalue weighted by Crippen LogP contribution is 2.38. The monoisotopic (exact) mass is 349 g/mol. The van der Waals surface area contributed by atoms with Crippen LogP contribution in [0.1, 0.15) is 15.9 Å². The molecule has 1 N–H and O–H groups in total. The number of halogens is 1. The topological polar surface area (TPSA) is 47.6 Å². The number of nitrogens with one attached hydrogen (secondary N) is 1. The van der Waals surface area contributed by atoms with Crippen LogP contribution in [0.3, 0.4) is 0 Å². The highest BCUT2D eigenvalue weighted by Gasteiger charge is 2.17. The highest BCUT2D eigenvalue weighted by molar-refractivity contribution is 7.98. The highest BCUT2D eigenvalue weighted by atomic mass is 35.5. The molecule has 0 atom stereocenters. The quantitative estimate of drug-likeness (QED) is 0.835. The molecule has 2 aromatic carbocycles. The van der Waals surface area contributed by atoms with Crippen molar-refractivity contribution in [3.63, 3.8) is 0 Å². The lowest BCUT2D eigenvalue weighted by Crippen LogP contribution is -2.17. The molecule has 1 amide bonds. The van der Waals surface area contributed by atoms with Crippen molar-refractivity contribution in [3.8, 4) is 11.5 Å². The second-order valence-electron chi connectivity index (χ2n) is 5.11. The molecule has 0 saturated carbocycles. The molecule has 4 nitrogen and oxygen atoms in total. The average Bonchev–Trinajstić information content (AvgIpc) is 2.56. The molecule has 1 aliphatic heterocycles. The number of anilines is 1. The Balaban J connectivity index is 1.88. The van der Waals surface area contributed by atoms with Crippen LogP contribution in [-0.4, -0.2) is 25.4 Å². The zero-order chi connectivity index (χ0) is 16.4. The van der Waals surface area contributed by atoms with Crippen LogP contribution in [0.15, 0.2) is 35.2 Å². The molecule has 0 saturated heterocycles. The first-order chi connectivity index (χ1) is 11.1. The number of ether oxygens (including phenoxy) is 2. The van der Waals surface area contributed by atoms with Gasteiger partial charge < -0.3 is 14.8 Å². The predicted molar refractivity (Wildman–Crippen MR) is 93.4 cm³/mol. The summed E-state index contributed by atoms with van der Waals surface area (Å²) in [7, 11) is 0. The summed E-state index contributed by atoms with van der Waals surface area (Å²) in [6.45, 7) is 2.89. The van der Waals surface area contributed by atoms with Crippen LogP contribution < -0.4 is 14.8 Å². The fraction of sp³-hybridized carbons (Fsp3) is 0.235. The number of hydrogen-bond donors (Lipinski definition) is 1. The lowest BCUT2D eigenvalue weighted by Gasteiger charge is -2.20. The van der Waals surface area contributed by atoms with Crippen molar-refractivity contribution in [2.75, 3.05) is 24.8 Å². The smallest absolute Gasteiger partial charge is 0.256 e. The first-order valence-corrected chi connectivity index (χ1v) is 8.74. The van der Waals surface area contributed by atoms with Crippen molar-refractivity contribution in [1.29, 1.82) is 0 Å². The summed E-state index contributed by atoms with van der Waals surface area (Å²) in [6, 6.07) is 9.17. The van der Waals surface area contributed by atoms with Crippen molar-refractivity contribution in [2.24, 2.45) is 0 Å². The van der Waals surface area contributed by atoms with Crippen LogP contribution in [0.2, 0.25) is 5.02 Å². The Labute approximate surface area is 144 Å². The Bertz CT molecular complexity index is 764. The van der Waals surface area contributed by atoms with Gasteiger partial charge in [-0.1, -0.05) is 17.7 Å². The number of carbonyl (C=O) groups excluding carboxylic acids is 1. The van der Waals surface area contributed by atoms with Gasteiger partial charge in [-0.05, 0) is 30.9 Å². The van der Waals surface area contributed by atoms with Gasteiger partial charge in [0.2, 0.25) is 0 Å². The second kappa shape index (κ2) is 6.72. The number of amides is 1. The summed E-state index contributed by atoms with van der Waals surface area (Å²) in [5.74, 6) is 0.988. The second-order valence-corrected chi connectivity index (χ2v) is 6.40. The zero-order valence-corrected chi connectivity index (χ0v) is 14.4. The molecule has 0 spiro atoms. The van der Waals surface area contributed by atoms with E-state index in [2.05, 4.69) is 5.32 Å². The van der Waals surface area contributed by atoms with Crippen LogP contribution in [-0.2, 0) is 0 Å². The molecule has 0 bridgehead atoms. The number of hydrogen-bond acceptors (Lipinski definition) is 4. The van der Waals surface area contributed by atoms with E-state index in [9.17, 15) is 4.79 Å². The summed E-state index contributed by atoms with van der Waals surface area (Å²) < 4.78 is 11.0. The summed E-state index contributed by atoms with van der Waals surface area (Å²) >= 11 is 7.83. The van der Waals surface area contributed by atoms with Crippen molar-refractivity contribution in [2.45, 2.75) is 11.8 Å². The minimum absolute atomic E-state index is 0.197. The first-order valence-electron chi connectivity index (χ1n) is 7.13. The van der Waals surface area contributed by atoms with E-state index in [4.69, 9.17) is 21.1 Å². The van der Waals surface area contributed by atoms with E-state index < -0.39 is 0 Å². The lowest BCUT2D eigenvalue weighted by molar-refractivity contribution is 0.102. The van der Waals surface area contributed by atoms with Gasteiger partial charge in [-0.2, -0.15) is 0 Å². The van der Waals surface area contributed by atoms with Gasteiger partial charge in [0.25, 0.3) is 5.91 Å². The molecular weight excluding hydrogens is 334 g/mol. The van der Waals surface area contributed by atoms with E-state index in [1.807, 2.05) is 31.4 Å². The van der Waals surface area contributed by atoms with Gasteiger partial charge >= 0.3 is 0 Å². The summed E-state index contributed by atoms with van der Waals surface area (Å²) in [6.07, 6.45) is 1.98. The molecule has 0 fully saturated rings. The Kier molecular flexibility index (Phi) is 4.68. The molecule has 23 heavy (non-hydrogen) atoms. The predicted octanol–water partition coefficient (Wildman–Crippen LogP) is 4.39. The number of aryl methyl sites for hydroxylation is 1. The molecule has 3 rings (SSSR count). The van der Waals surface area contributed by atoms with Gasteiger partial charge in [0.15, 0.2) is 11.5 Å². The molecule has 120 valence electrons. The Hall–Kier alpha value is -1.85. The fourth-order valence-electron chi connectivity index (χ4n) is 2.32. The number of fused-ring (bicyclic) bond motifs is 1. The fourth-order valence-corrected chi connectivity index (χ4v) is 2.96. The number of thioether (sulfide) groups is 1. The molecule has 6 heteroatoms. The maximum absolute atomic E-state index is 12.6. The Morgan fingerprint density at radius 3 is 2.57 bits per heavy atom. The maximum atomic E-state index is 12.6. The van der Waals surface area contributed by atoms with Gasteiger partial charge in [-0.3, -0.25) is 4.79 Å². The molecular formula is C17H16ClNO3S. The Morgan fingerprint density at radius 2 is 1.87 bits per heavy atom. The van der Waals surface area contributed by atoms with Gasteiger partial charge in [0.05, 0.1) is 10.7 Å². The van der Waals surface area contributed by atoms with Crippen LogP contribution in [0, 0.1) is 6.92 Å². The van der Waals surface area contributed by atoms with E-state index in [-0.39, 0.29) is 5.91 Å². The van der Waals surface area contributed by atoms with Gasteiger partial charge in [-0.15, -0.1) is 11.8 Å². The average molecular weight is 350 g/mol. The number of carbonyl (C=O) groups is 1. The van der Waals surface area contributed by atoms with E-state index in [1.54, 1.807) is 23.9 Å². The lowest BCUT2D eigenvalue weighted by atomic mass is 10.1. The van der Waals surface area contributed by atoms with Crippen molar-refractivity contribution in [1.82, 2.24) is 0 Å². The molecule has 2 aromatic rings. The zero-order valence-electron chi connectivity index (χ0n) is 12.8. The van der Waals surface area contributed by atoms with E-state index >= 15 is 0 Å². The van der Waals surface area contributed by atoms with E-state index in [0.717, 1.165) is 10.5 Å². The Morgan fingerprint density at radius 1 is 1.17 bits per heavy atom. The number of rotatable bonds is 3. The number of benzene rings is 2. The first kappa shape index (κ1) is 16.0. The van der Waals surface area contributed by atoms with Gasteiger partial charge in [-0.25, -0.2) is 0 Å².